The van der Waals surface area contributed by atoms with Crippen LogP contribution in [0.4, 0.5) is 5.69 Å². The van der Waals surface area contributed by atoms with Gasteiger partial charge >= 0.3 is 0 Å². The molecule has 21 heavy (non-hydrogen) atoms. The van der Waals surface area contributed by atoms with Gasteiger partial charge in [-0.2, -0.15) is 0 Å². The van der Waals surface area contributed by atoms with Crippen LogP contribution in [0.15, 0.2) is 30.5 Å². The molecule has 5 heteroatoms. The van der Waals surface area contributed by atoms with E-state index in [4.69, 9.17) is 0 Å². The van der Waals surface area contributed by atoms with Gasteiger partial charge in [0, 0.05) is 37.6 Å². The molecular weight excluding hydrogens is 262 g/mol. The molecule has 1 aromatic heterocycles. The van der Waals surface area contributed by atoms with Crippen LogP contribution in [0.2, 0.25) is 0 Å². The molecule has 0 amide bonds. The summed E-state index contributed by atoms with van der Waals surface area (Å²) in [6.45, 7) is 7.21. The van der Waals surface area contributed by atoms with Crippen molar-refractivity contribution in [3.63, 3.8) is 0 Å². The summed E-state index contributed by atoms with van der Waals surface area (Å²) in [5, 5.41) is 12.0. The number of hydrogen-bond donors (Lipinski definition) is 1. The molecule has 1 unspecified atom stereocenters. The maximum Gasteiger partial charge on any atom is 0.102 e. The van der Waals surface area contributed by atoms with Crippen molar-refractivity contribution in [3.05, 3.63) is 41.7 Å². The Morgan fingerprint density at radius 1 is 1.33 bits per heavy atom. The smallest absolute Gasteiger partial charge is 0.102 e. The molecule has 0 aliphatic carbocycles. The standard InChI is InChI=1S/C16H23N5/c1-4-16(2)12-21(11-14-10-20(3)19-18-14)15-8-6-5-7-13(15)9-17-16/h5-8,10,17H,4,9,11-12H2,1-3H3. The Bertz CT molecular complexity index is 621. The van der Waals surface area contributed by atoms with Gasteiger partial charge in [0.25, 0.3) is 0 Å². The molecular formula is C16H23N5. The fourth-order valence-corrected chi connectivity index (χ4v) is 2.88. The number of hydrogen-bond acceptors (Lipinski definition) is 4. The highest BCUT2D eigenvalue weighted by molar-refractivity contribution is 5.55. The summed E-state index contributed by atoms with van der Waals surface area (Å²) < 4.78 is 1.76. The number of fused-ring (bicyclic) bond motifs is 1. The van der Waals surface area contributed by atoms with Crippen molar-refractivity contribution in [1.29, 1.82) is 0 Å². The fourth-order valence-electron chi connectivity index (χ4n) is 2.88. The molecule has 2 aromatic rings. The van der Waals surface area contributed by atoms with Gasteiger partial charge in [0.1, 0.15) is 5.69 Å². The normalized spacial score (nSPS) is 22.0. The van der Waals surface area contributed by atoms with E-state index in [0.29, 0.717) is 0 Å². The lowest BCUT2D eigenvalue weighted by Crippen LogP contribution is -2.48. The van der Waals surface area contributed by atoms with Crippen LogP contribution in [0, 0.1) is 0 Å². The molecule has 112 valence electrons. The van der Waals surface area contributed by atoms with Gasteiger partial charge in [-0.25, -0.2) is 0 Å². The zero-order valence-electron chi connectivity index (χ0n) is 13.0. The Morgan fingerprint density at radius 3 is 2.86 bits per heavy atom. The molecule has 0 saturated heterocycles. The van der Waals surface area contributed by atoms with E-state index in [1.54, 1.807) is 4.68 Å². The third-order valence-electron chi connectivity index (χ3n) is 4.36. The Balaban J connectivity index is 1.93. The summed E-state index contributed by atoms with van der Waals surface area (Å²) in [5.41, 5.74) is 3.76. The minimum absolute atomic E-state index is 0.112. The van der Waals surface area contributed by atoms with Gasteiger partial charge < -0.3 is 10.2 Å². The van der Waals surface area contributed by atoms with Crippen molar-refractivity contribution < 1.29 is 0 Å². The summed E-state index contributed by atoms with van der Waals surface area (Å²) in [6.07, 6.45) is 3.09. The lowest BCUT2D eigenvalue weighted by molar-refractivity contribution is 0.348. The Hall–Kier alpha value is -1.88. The Morgan fingerprint density at radius 2 is 2.14 bits per heavy atom. The average Bonchev–Trinajstić information content (AvgIpc) is 2.83. The molecule has 0 saturated carbocycles. The number of aromatic nitrogens is 3. The Labute approximate surface area is 126 Å². The molecule has 0 spiro atoms. The average molecular weight is 285 g/mol. The second-order valence-corrected chi connectivity index (χ2v) is 6.14. The van der Waals surface area contributed by atoms with Crippen LogP contribution in [-0.4, -0.2) is 27.1 Å². The fraction of sp³-hybridized carbons (Fsp3) is 0.500. The molecule has 0 radical (unpaired) electrons. The van der Waals surface area contributed by atoms with E-state index in [1.165, 1.54) is 11.3 Å². The largest absolute Gasteiger partial charge is 0.363 e. The van der Waals surface area contributed by atoms with E-state index < -0.39 is 0 Å². The van der Waals surface area contributed by atoms with Gasteiger partial charge in [-0.3, -0.25) is 4.68 Å². The van der Waals surface area contributed by atoms with E-state index in [9.17, 15) is 0 Å². The molecule has 1 aliphatic heterocycles. The number of rotatable bonds is 3. The minimum atomic E-state index is 0.112. The van der Waals surface area contributed by atoms with E-state index in [1.807, 2.05) is 13.2 Å². The maximum atomic E-state index is 4.24. The third-order valence-corrected chi connectivity index (χ3v) is 4.36. The van der Waals surface area contributed by atoms with E-state index >= 15 is 0 Å². The lowest BCUT2D eigenvalue weighted by atomic mass is 9.98. The Kier molecular flexibility index (Phi) is 3.68. The topological polar surface area (TPSA) is 46.0 Å². The summed E-state index contributed by atoms with van der Waals surface area (Å²) in [4.78, 5) is 2.42. The van der Waals surface area contributed by atoms with Crippen molar-refractivity contribution >= 4 is 5.69 Å². The van der Waals surface area contributed by atoms with Gasteiger partial charge in [0.05, 0.1) is 6.54 Å². The van der Waals surface area contributed by atoms with Crippen molar-refractivity contribution in [2.24, 2.45) is 7.05 Å². The highest BCUT2D eigenvalue weighted by Gasteiger charge is 2.29. The molecule has 5 nitrogen and oxygen atoms in total. The molecule has 0 fully saturated rings. The molecule has 1 N–H and O–H groups in total. The van der Waals surface area contributed by atoms with Gasteiger partial charge in [-0.15, -0.1) is 5.10 Å². The molecule has 1 aliphatic rings. The second-order valence-electron chi connectivity index (χ2n) is 6.14. The quantitative estimate of drug-likeness (QED) is 0.938. The van der Waals surface area contributed by atoms with E-state index in [2.05, 4.69) is 58.6 Å². The third kappa shape index (κ3) is 2.93. The number of benzene rings is 1. The number of anilines is 1. The van der Waals surface area contributed by atoms with Crippen LogP contribution in [0.3, 0.4) is 0 Å². The van der Waals surface area contributed by atoms with E-state index in [-0.39, 0.29) is 5.54 Å². The SMILES string of the molecule is CCC1(C)CN(Cc2cn(C)nn2)c2ccccc2CN1. The van der Waals surface area contributed by atoms with Crippen LogP contribution in [0.5, 0.6) is 0 Å². The van der Waals surface area contributed by atoms with Gasteiger partial charge in [-0.05, 0) is 25.0 Å². The minimum Gasteiger partial charge on any atom is -0.363 e. The first-order valence-corrected chi connectivity index (χ1v) is 7.53. The zero-order chi connectivity index (χ0) is 14.9. The van der Waals surface area contributed by atoms with Crippen molar-refractivity contribution in [2.75, 3.05) is 11.4 Å². The highest BCUT2D eigenvalue weighted by atomic mass is 15.4. The highest BCUT2D eigenvalue weighted by Crippen LogP contribution is 2.28. The second kappa shape index (κ2) is 5.48. The first-order valence-electron chi connectivity index (χ1n) is 7.53. The molecule has 1 atom stereocenters. The zero-order valence-corrected chi connectivity index (χ0v) is 13.0. The predicted molar refractivity (Wildman–Crippen MR) is 84.0 cm³/mol. The van der Waals surface area contributed by atoms with Gasteiger partial charge in [0.2, 0.25) is 0 Å². The molecule has 2 heterocycles. The first-order chi connectivity index (χ1) is 10.1. The summed E-state index contributed by atoms with van der Waals surface area (Å²) in [5.74, 6) is 0. The van der Waals surface area contributed by atoms with Crippen molar-refractivity contribution in [3.8, 4) is 0 Å². The lowest BCUT2D eigenvalue weighted by Gasteiger charge is -2.33. The van der Waals surface area contributed by atoms with Crippen LogP contribution in [-0.2, 0) is 20.1 Å². The summed E-state index contributed by atoms with van der Waals surface area (Å²) in [7, 11) is 1.91. The van der Waals surface area contributed by atoms with Gasteiger partial charge in [0.15, 0.2) is 0 Å². The number of nitrogens with zero attached hydrogens (tertiary/aromatic N) is 4. The van der Waals surface area contributed by atoms with Crippen molar-refractivity contribution in [2.45, 2.75) is 38.9 Å². The van der Waals surface area contributed by atoms with Crippen LogP contribution >= 0.6 is 0 Å². The number of aryl methyl sites for hydroxylation is 1. The summed E-state index contributed by atoms with van der Waals surface area (Å²) >= 11 is 0. The molecule has 1 aromatic carbocycles. The van der Waals surface area contributed by atoms with Crippen molar-refractivity contribution in [1.82, 2.24) is 20.3 Å². The van der Waals surface area contributed by atoms with E-state index in [0.717, 1.165) is 31.7 Å². The van der Waals surface area contributed by atoms with Crippen LogP contribution in [0.1, 0.15) is 31.5 Å². The monoisotopic (exact) mass is 285 g/mol. The molecule has 0 bridgehead atoms. The molecule has 3 rings (SSSR count). The number of nitrogens with one attached hydrogen (secondary N) is 1. The van der Waals surface area contributed by atoms with Gasteiger partial charge in [-0.1, -0.05) is 30.3 Å². The maximum absolute atomic E-state index is 4.24. The van der Waals surface area contributed by atoms with Crippen LogP contribution < -0.4 is 10.2 Å². The number of para-hydroxylation sites is 1. The summed E-state index contributed by atoms with van der Waals surface area (Å²) in [6, 6.07) is 8.62. The first kappa shape index (κ1) is 14.1. The van der Waals surface area contributed by atoms with Crippen LogP contribution in [0.25, 0.3) is 0 Å². The predicted octanol–water partition coefficient (Wildman–Crippen LogP) is 2.09.